The summed E-state index contributed by atoms with van der Waals surface area (Å²) in [6.07, 6.45) is 18.9. The standard InChI is InChI=1S/C32H52O2/c1-8-22(4)30(33)34-25-16-18-31(6)24(20-25)12-13-26-28-15-14-27(23(5)11-9-10-21(2)3)32(28,7)19-17-29(26)31/h8,12,21,23,25-29H,9-11,13-20H2,1-7H3/b22-8+/t23-,25+,26-,27+,28-,29-,31-,32+/m0/s1. The molecule has 3 fully saturated rings. The van der Waals surface area contributed by atoms with Crippen LogP contribution in [-0.2, 0) is 9.53 Å². The van der Waals surface area contributed by atoms with Gasteiger partial charge < -0.3 is 4.74 Å². The van der Waals surface area contributed by atoms with Gasteiger partial charge in [0.25, 0.3) is 0 Å². The molecule has 3 saturated carbocycles. The summed E-state index contributed by atoms with van der Waals surface area (Å²) in [6.45, 7) is 16.3. The SMILES string of the molecule is C/C=C(\C)C(=O)O[C@@H]1CC[C@@]2(C)C(=CC[C@H]3[C@@H]4CC[C@H]([C@@H](C)CCCC(C)C)[C@@]4(C)CC[C@@H]32)C1. The molecule has 0 saturated heterocycles. The summed E-state index contributed by atoms with van der Waals surface area (Å²) in [4.78, 5) is 12.3. The number of hydrogen-bond acceptors (Lipinski definition) is 2. The van der Waals surface area contributed by atoms with Crippen molar-refractivity contribution in [1.82, 2.24) is 0 Å². The maximum atomic E-state index is 12.3. The second-order valence-corrected chi connectivity index (χ2v) is 13.5. The van der Waals surface area contributed by atoms with Gasteiger partial charge >= 0.3 is 5.97 Å². The van der Waals surface area contributed by atoms with Crippen LogP contribution in [0.15, 0.2) is 23.3 Å². The van der Waals surface area contributed by atoms with Crippen molar-refractivity contribution in [3.05, 3.63) is 23.3 Å². The molecule has 4 rings (SSSR count). The molecule has 192 valence electrons. The normalized spacial score (nSPS) is 40.8. The Morgan fingerprint density at radius 1 is 1.09 bits per heavy atom. The van der Waals surface area contributed by atoms with Gasteiger partial charge in [0.2, 0.25) is 0 Å². The predicted octanol–water partition coefficient (Wildman–Crippen LogP) is 8.91. The van der Waals surface area contributed by atoms with E-state index in [9.17, 15) is 4.79 Å². The molecule has 0 spiro atoms. The van der Waals surface area contributed by atoms with Crippen LogP contribution in [0.2, 0.25) is 0 Å². The lowest BCUT2D eigenvalue weighted by Gasteiger charge is -2.58. The van der Waals surface area contributed by atoms with Crippen molar-refractivity contribution in [2.45, 2.75) is 125 Å². The second kappa shape index (κ2) is 10.1. The monoisotopic (exact) mass is 468 g/mol. The van der Waals surface area contributed by atoms with Gasteiger partial charge in [-0.3, -0.25) is 0 Å². The third kappa shape index (κ3) is 4.69. The first kappa shape index (κ1) is 26.0. The van der Waals surface area contributed by atoms with Crippen LogP contribution in [0.1, 0.15) is 119 Å². The fraction of sp³-hybridized carbons (Fsp3) is 0.844. The van der Waals surface area contributed by atoms with E-state index in [-0.39, 0.29) is 12.1 Å². The van der Waals surface area contributed by atoms with Crippen molar-refractivity contribution < 1.29 is 9.53 Å². The first-order valence-electron chi connectivity index (χ1n) is 14.6. The highest BCUT2D eigenvalue weighted by molar-refractivity contribution is 5.87. The highest BCUT2D eigenvalue weighted by atomic mass is 16.5. The van der Waals surface area contributed by atoms with Gasteiger partial charge in [0.05, 0.1) is 0 Å². The van der Waals surface area contributed by atoms with Crippen LogP contribution in [0.5, 0.6) is 0 Å². The third-order valence-electron chi connectivity index (χ3n) is 11.3. The molecule has 0 amide bonds. The molecular formula is C32H52O2. The van der Waals surface area contributed by atoms with Gasteiger partial charge in [-0.25, -0.2) is 4.79 Å². The van der Waals surface area contributed by atoms with Crippen molar-refractivity contribution in [3.8, 4) is 0 Å². The summed E-state index contributed by atoms with van der Waals surface area (Å²) in [5.74, 6) is 5.11. The highest BCUT2D eigenvalue weighted by Crippen LogP contribution is 2.67. The first-order valence-corrected chi connectivity index (χ1v) is 14.6. The Bertz CT molecular complexity index is 806. The Morgan fingerprint density at radius 2 is 1.85 bits per heavy atom. The molecule has 0 bridgehead atoms. The molecule has 0 aromatic rings. The van der Waals surface area contributed by atoms with E-state index in [1.807, 2.05) is 19.9 Å². The molecular weight excluding hydrogens is 416 g/mol. The Balaban J connectivity index is 1.44. The number of allylic oxidation sites excluding steroid dienone is 2. The van der Waals surface area contributed by atoms with Crippen LogP contribution in [0.4, 0.5) is 0 Å². The Hall–Kier alpha value is -1.05. The number of ether oxygens (including phenoxy) is 1. The minimum atomic E-state index is -0.127. The number of hydrogen-bond donors (Lipinski definition) is 0. The largest absolute Gasteiger partial charge is 0.459 e. The first-order chi connectivity index (χ1) is 16.1. The van der Waals surface area contributed by atoms with E-state index in [4.69, 9.17) is 4.74 Å². The van der Waals surface area contributed by atoms with Crippen LogP contribution >= 0.6 is 0 Å². The van der Waals surface area contributed by atoms with Crippen molar-refractivity contribution in [1.29, 1.82) is 0 Å². The Morgan fingerprint density at radius 3 is 2.56 bits per heavy atom. The average Bonchev–Trinajstić information content (AvgIpc) is 3.15. The van der Waals surface area contributed by atoms with E-state index in [0.717, 1.165) is 53.9 Å². The fourth-order valence-corrected chi connectivity index (χ4v) is 9.11. The number of fused-ring (bicyclic) bond motifs is 5. The van der Waals surface area contributed by atoms with Crippen molar-refractivity contribution in [3.63, 3.8) is 0 Å². The van der Waals surface area contributed by atoms with Gasteiger partial charge in [-0.1, -0.05) is 71.6 Å². The van der Waals surface area contributed by atoms with Crippen LogP contribution in [0.3, 0.4) is 0 Å². The van der Waals surface area contributed by atoms with Crippen molar-refractivity contribution >= 4 is 5.97 Å². The lowest BCUT2D eigenvalue weighted by Crippen LogP contribution is -2.51. The number of carbonyl (C=O) groups is 1. The van der Waals surface area contributed by atoms with E-state index < -0.39 is 0 Å². The molecule has 4 aliphatic rings. The van der Waals surface area contributed by atoms with E-state index in [2.05, 4.69) is 40.7 Å². The summed E-state index contributed by atoms with van der Waals surface area (Å²) in [6, 6.07) is 0. The minimum Gasteiger partial charge on any atom is -0.459 e. The quantitative estimate of drug-likeness (QED) is 0.212. The molecule has 4 aliphatic carbocycles. The van der Waals surface area contributed by atoms with Crippen LogP contribution in [-0.4, -0.2) is 12.1 Å². The molecule has 0 aliphatic heterocycles. The van der Waals surface area contributed by atoms with E-state index >= 15 is 0 Å². The predicted molar refractivity (Wildman–Crippen MR) is 142 cm³/mol. The maximum Gasteiger partial charge on any atom is 0.333 e. The van der Waals surface area contributed by atoms with Crippen LogP contribution in [0.25, 0.3) is 0 Å². The summed E-state index contributed by atoms with van der Waals surface area (Å²) < 4.78 is 5.90. The zero-order chi connectivity index (χ0) is 24.7. The molecule has 8 atom stereocenters. The molecule has 0 unspecified atom stereocenters. The third-order valence-corrected chi connectivity index (χ3v) is 11.3. The molecule has 0 N–H and O–H groups in total. The second-order valence-electron chi connectivity index (χ2n) is 13.5. The summed E-state index contributed by atoms with van der Waals surface area (Å²) >= 11 is 0. The van der Waals surface area contributed by atoms with E-state index in [1.54, 1.807) is 5.57 Å². The summed E-state index contributed by atoms with van der Waals surface area (Å²) in [5, 5.41) is 0. The smallest absolute Gasteiger partial charge is 0.333 e. The molecule has 34 heavy (non-hydrogen) atoms. The average molecular weight is 469 g/mol. The molecule has 0 aromatic heterocycles. The zero-order valence-electron chi connectivity index (χ0n) is 23.3. The van der Waals surface area contributed by atoms with Crippen LogP contribution in [0, 0.1) is 46.3 Å². The molecule has 0 aromatic carbocycles. The lowest BCUT2D eigenvalue weighted by molar-refractivity contribution is -0.146. The van der Waals surface area contributed by atoms with Gasteiger partial charge in [0.1, 0.15) is 6.10 Å². The summed E-state index contributed by atoms with van der Waals surface area (Å²) in [5.41, 5.74) is 3.21. The molecule has 2 nitrogen and oxygen atoms in total. The Kier molecular flexibility index (Phi) is 7.76. The van der Waals surface area contributed by atoms with Gasteiger partial charge in [0, 0.05) is 12.0 Å². The van der Waals surface area contributed by atoms with Gasteiger partial charge in [-0.15, -0.1) is 0 Å². The zero-order valence-corrected chi connectivity index (χ0v) is 23.3. The van der Waals surface area contributed by atoms with Crippen LogP contribution < -0.4 is 0 Å². The topological polar surface area (TPSA) is 26.3 Å². The maximum absolute atomic E-state index is 12.3. The number of rotatable bonds is 7. The number of carbonyl (C=O) groups excluding carboxylic acids is 1. The molecule has 2 heteroatoms. The van der Waals surface area contributed by atoms with E-state index in [0.29, 0.717) is 10.8 Å². The van der Waals surface area contributed by atoms with E-state index in [1.165, 1.54) is 57.8 Å². The van der Waals surface area contributed by atoms with Gasteiger partial charge in [-0.05, 0) is 105 Å². The lowest BCUT2D eigenvalue weighted by atomic mass is 9.47. The molecule has 0 radical (unpaired) electrons. The number of esters is 1. The fourth-order valence-electron chi connectivity index (χ4n) is 9.11. The van der Waals surface area contributed by atoms with Gasteiger partial charge in [0.15, 0.2) is 0 Å². The van der Waals surface area contributed by atoms with Gasteiger partial charge in [-0.2, -0.15) is 0 Å². The van der Waals surface area contributed by atoms with Crippen molar-refractivity contribution in [2.24, 2.45) is 46.3 Å². The van der Waals surface area contributed by atoms with Crippen molar-refractivity contribution in [2.75, 3.05) is 0 Å². The highest BCUT2D eigenvalue weighted by Gasteiger charge is 2.59. The Labute approximate surface area is 210 Å². The molecule has 0 heterocycles. The summed E-state index contributed by atoms with van der Waals surface area (Å²) in [7, 11) is 0. The minimum absolute atomic E-state index is 0.0645.